The Bertz CT molecular complexity index is 819. The van der Waals surface area contributed by atoms with Crippen molar-refractivity contribution in [1.29, 1.82) is 0 Å². The molecule has 3 N–H and O–H groups in total. The highest BCUT2D eigenvalue weighted by molar-refractivity contribution is 5.94. The molecule has 158 valence electrons. The maximum atomic E-state index is 12.4. The molecule has 0 spiro atoms. The van der Waals surface area contributed by atoms with Gasteiger partial charge in [0.15, 0.2) is 5.69 Å². The van der Waals surface area contributed by atoms with Gasteiger partial charge >= 0.3 is 0 Å². The van der Waals surface area contributed by atoms with E-state index in [1.54, 1.807) is 23.0 Å². The van der Waals surface area contributed by atoms with Crippen molar-refractivity contribution in [2.24, 2.45) is 0 Å². The van der Waals surface area contributed by atoms with Crippen molar-refractivity contribution >= 4 is 24.2 Å². The van der Waals surface area contributed by atoms with Gasteiger partial charge < -0.3 is 16.0 Å². The van der Waals surface area contributed by atoms with Crippen LogP contribution in [0.2, 0.25) is 0 Å². The molecule has 1 aliphatic heterocycles. The number of halogens is 1. The molecule has 0 aliphatic carbocycles. The molecule has 1 saturated heterocycles. The quantitative estimate of drug-likeness (QED) is 0.636. The van der Waals surface area contributed by atoms with E-state index >= 15 is 0 Å². The smallest absolute Gasteiger partial charge is 0.273 e. The third-order valence-corrected chi connectivity index (χ3v) is 5.06. The van der Waals surface area contributed by atoms with Crippen molar-refractivity contribution in [3.05, 3.63) is 47.3 Å². The number of aromatic nitrogens is 3. The summed E-state index contributed by atoms with van der Waals surface area (Å²) in [4.78, 5) is 24.7. The SMILES string of the molecule is CCC(C)NC(=O)c1cccc(CNC(=O)c2cn(C3CCNCC3)nn2)c1.Cl. The molecule has 1 unspecified atom stereocenters. The zero-order valence-electron chi connectivity index (χ0n) is 16.9. The second-order valence-electron chi connectivity index (χ2n) is 7.23. The van der Waals surface area contributed by atoms with Gasteiger partial charge in [-0.3, -0.25) is 9.59 Å². The van der Waals surface area contributed by atoms with Crippen LogP contribution >= 0.6 is 12.4 Å². The minimum absolute atomic E-state index is 0. The van der Waals surface area contributed by atoms with Crippen molar-refractivity contribution in [3.8, 4) is 0 Å². The molecular weight excluding hydrogens is 392 g/mol. The van der Waals surface area contributed by atoms with Gasteiger partial charge in [0.25, 0.3) is 11.8 Å². The minimum atomic E-state index is -0.269. The second-order valence-corrected chi connectivity index (χ2v) is 7.23. The number of nitrogens with zero attached hydrogens (tertiary/aromatic N) is 3. The minimum Gasteiger partial charge on any atom is -0.350 e. The number of hydrogen-bond donors (Lipinski definition) is 3. The molecule has 0 bridgehead atoms. The molecular formula is C20H29ClN6O2. The molecule has 1 aromatic heterocycles. The van der Waals surface area contributed by atoms with Crippen LogP contribution in [-0.2, 0) is 6.54 Å². The molecule has 1 fully saturated rings. The maximum Gasteiger partial charge on any atom is 0.273 e. The van der Waals surface area contributed by atoms with Gasteiger partial charge in [0.1, 0.15) is 0 Å². The van der Waals surface area contributed by atoms with Crippen LogP contribution < -0.4 is 16.0 Å². The molecule has 2 heterocycles. The Balaban J connectivity index is 0.00000300. The molecule has 2 amide bonds. The van der Waals surface area contributed by atoms with E-state index < -0.39 is 0 Å². The second kappa shape index (κ2) is 10.9. The Morgan fingerprint density at radius 1 is 1.28 bits per heavy atom. The number of nitrogens with one attached hydrogen (secondary N) is 3. The third-order valence-electron chi connectivity index (χ3n) is 5.06. The Kier molecular flexibility index (Phi) is 8.60. The molecule has 1 aliphatic rings. The van der Waals surface area contributed by atoms with Crippen LogP contribution in [0.4, 0.5) is 0 Å². The molecule has 29 heavy (non-hydrogen) atoms. The van der Waals surface area contributed by atoms with Crippen LogP contribution in [-0.4, -0.2) is 45.9 Å². The van der Waals surface area contributed by atoms with Crippen LogP contribution in [0.25, 0.3) is 0 Å². The van der Waals surface area contributed by atoms with Gasteiger partial charge in [0, 0.05) is 18.2 Å². The van der Waals surface area contributed by atoms with Crippen LogP contribution in [0.1, 0.15) is 65.6 Å². The van der Waals surface area contributed by atoms with E-state index in [1.165, 1.54) is 0 Å². The summed E-state index contributed by atoms with van der Waals surface area (Å²) in [6.45, 7) is 6.22. The van der Waals surface area contributed by atoms with Crippen LogP contribution in [0.15, 0.2) is 30.5 Å². The summed E-state index contributed by atoms with van der Waals surface area (Å²) in [5, 5.41) is 17.2. The largest absolute Gasteiger partial charge is 0.350 e. The number of rotatable bonds is 7. The normalized spacial score (nSPS) is 15.2. The average Bonchev–Trinajstić information content (AvgIpc) is 3.23. The first-order chi connectivity index (χ1) is 13.6. The number of carbonyl (C=O) groups excluding carboxylic acids is 2. The van der Waals surface area contributed by atoms with E-state index in [0.29, 0.717) is 17.8 Å². The van der Waals surface area contributed by atoms with Gasteiger partial charge in [-0.25, -0.2) is 4.68 Å². The highest BCUT2D eigenvalue weighted by Crippen LogP contribution is 2.17. The van der Waals surface area contributed by atoms with Crippen molar-refractivity contribution in [3.63, 3.8) is 0 Å². The van der Waals surface area contributed by atoms with Crippen LogP contribution in [0.5, 0.6) is 0 Å². The summed E-state index contributed by atoms with van der Waals surface area (Å²) in [6.07, 6.45) is 4.55. The number of amides is 2. The van der Waals surface area contributed by atoms with Gasteiger partial charge in [-0.15, -0.1) is 17.5 Å². The van der Waals surface area contributed by atoms with Gasteiger partial charge in [-0.05, 0) is 57.0 Å². The van der Waals surface area contributed by atoms with E-state index in [0.717, 1.165) is 37.9 Å². The lowest BCUT2D eigenvalue weighted by Gasteiger charge is -2.22. The molecule has 1 atom stereocenters. The Hall–Kier alpha value is -2.45. The lowest BCUT2D eigenvalue weighted by atomic mass is 10.1. The zero-order valence-corrected chi connectivity index (χ0v) is 17.7. The number of benzene rings is 1. The van der Waals surface area contributed by atoms with E-state index in [4.69, 9.17) is 0 Å². The molecule has 0 saturated carbocycles. The summed E-state index contributed by atoms with van der Waals surface area (Å²) in [5.41, 5.74) is 1.75. The lowest BCUT2D eigenvalue weighted by molar-refractivity contribution is 0.0935. The number of hydrogen-bond acceptors (Lipinski definition) is 5. The molecule has 2 aromatic rings. The first-order valence-electron chi connectivity index (χ1n) is 9.87. The standard InChI is InChI=1S/C20H28N6O2.ClH/c1-3-14(2)23-19(27)16-6-4-5-15(11-16)12-22-20(28)18-13-26(25-24-18)17-7-9-21-10-8-17;/h4-6,11,13-14,17,21H,3,7-10,12H2,1-2H3,(H,22,28)(H,23,27);1H. The van der Waals surface area contributed by atoms with E-state index in [2.05, 4.69) is 26.3 Å². The summed E-state index contributed by atoms with van der Waals surface area (Å²) < 4.78 is 1.79. The summed E-state index contributed by atoms with van der Waals surface area (Å²) >= 11 is 0. The fourth-order valence-corrected chi connectivity index (χ4v) is 3.14. The number of carbonyl (C=O) groups is 2. The Morgan fingerprint density at radius 2 is 2.03 bits per heavy atom. The highest BCUT2D eigenvalue weighted by atomic mass is 35.5. The van der Waals surface area contributed by atoms with Crippen molar-refractivity contribution in [2.45, 2.75) is 51.7 Å². The molecule has 8 nitrogen and oxygen atoms in total. The van der Waals surface area contributed by atoms with Crippen LogP contribution in [0.3, 0.4) is 0 Å². The highest BCUT2D eigenvalue weighted by Gasteiger charge is 2.18. The molecule has 0 radical (unpaired) electrons. The fraction of sp³-hybridized carbons (Fsp3) is 0.500. The Morgan fingerprint density at radius 3 is 2.76 bits per heavy atom. The van der Waals surface area contributed by atoms with Crippen molar-refractivity contribution in [2.75, 3.05) is 13.1 Å². The average molecular weight is 421 g/mol. The predicted molar refractivity (Wildman–Crippen MR) is 113 cm³/mol. The Labute approximate surface area is 177 Å². The van der Waals surface area contributed by atoms with Gasteiger partial charge in [-0.2, -0.15) is 0 Å². The van der Waals surface area contributed by atoms with Crippen molar-refractivity contribution < 1.29 is 9.59 Å². The molecule has 3 rings (SSSR count). The number of piperidine rings is 1. The van der Waals surface area contributed by atoms with Crippen LogP contribution in [0, 0.1) is 0 Å². The van der Waals surface area contributed by atoms with Gasteiger partial charge in [0.2, 0.25) is 0 Å². The van der Waals surface area contributed by atoms with Crippen molar-refractivity contribution in [1.82, 2.24) is 30.9 Å². The maximum absolute atomic E-state index is 12.4. The van der Waals surface area contributed by atoms with Gasteiger partial charge in [-0.1, -0.05) is 24.3 Å². The summed E-state index contributed by atoms with van der Waals surface area (Å²) in [6, 6.07) is 7.68. The zero-order chi connectivity index (χ0) is 19.9. The lowest BCUT2D eigenvalue weighted by Crippen LogP contribution is -2.32. The first kappa shape index (κ1) is 22.8. The predicted octanol–water partition coefficient (Wildman–Crippen LogP) is 2.08. The first-order valence-corrected chi connectivity index (χ1v) is 9.87. The topological polar surface area (TPSA) is 101 Å². The summed E-state index contributed by atoms with van der Waals surface area (Å²) in [7, 11) is 0. The fourth-order valence-electron chi connectivity index (χ4n) is 3.14. The third kappa shape index (κ3) is 6.27. The van der Waals surface area contributed by atoms with E-state index in [1.807, 2.05) is 26.0 Å². The van der Waals surface area contributed by atoms with E-state index in [9.17, 15) is 9.59 Å². The molecule has 1 aromatic carbocycles. The van der Waals surface area contributed by atoms with Gasteiger partial charge in [0.05, 0.1) is 12.2 Å². The molecule has 9 heteroatoms. The monoisotopic (exact) mass is 420 g/mol. The summed E-state index contributed by atoms with van der Waals surface area (Å²) in [5.74, 6) is -0.373. The van der Waals surface area contributed by atoms with E-state index in [-0.39, 0.29) is 36.3 Å².